The topological polar surface area (TPSA) is 45.3 Å². The predicted octanol–water partition coefficient (Wildman–Crippen LogP) is 4.05. The molecule has 2 aromatic carbocycles. The third-order valence-electron chi connectivity index (χ3n) is 5.36. The number of aryl methyl sites for hydroxylation is 1. The fraction of sp³-hybridized carbons (Fsp3) is 0.318. The Labute approximate surface area is 153 Å². The number of amides is 1. The molecule has 0 saturated heterocycles. The molecule has 1 N–H and O–H groups in total. The molecule has 0 aliphatic heterocycles. The van der Waals surface area contributed by atoms with Crippen molar-refractivity contribution in [2.24, 2.45) is 0 Å². The summed E-state index contributed by atoms with van der Waals surface area (Å²) >= 11 is 0. The molecule has 0 radical (unpaired) electrons. The second kappa shape index (κ2) is 6.52. The molecule has 4 nitrogen and oxygen atoms in total. The number of para-hydroxylation sites is 1. The van der Waals surface area contributed by atoms with Gasteiger partial charge in [0.1, 0.15) is 5.75 Å². The van der Waals surface area contributed by atoms with Gasteiger partial charge in [0, 0.05) is 36.1 Å². The number of benzene rings is 2. The van der Waals surface area contributed by atoms with Gasteiger partial charge >= 0.3 is 0 Å². The number of rotatable bonds is 6. The van der Waals surface area contributed by atoms with E-state index in [-0.39, 0.29) is 17.9 Å². The fourth-order valence-corrected chi connectivity index (χ4v) is 3.61. The lowest BCUT2D eigenvalue weighted by Crippen LogP contribution is -2.37. The van der Waals surface area contributed by atoms with E-state index >= 15 is 0 Å². The average Bonchev–Trinajstić information content (AvgIpc) is 3.29. The van der Waals surface area contributed by atoms with Crippen LogP contribution in [-0.2, 0) is 10.2 Å². The van der Waals surface area contributed by atoms with E-state index in [0.29, 0.717) is 0 Å². The van der Waals surface area contributed by atoms with Gasteiger partial charge < -0.3 is 14.6 Å². The minimum Gasteiger partial charge on any atom is -0.484 e. The zero-order valence-corrected chi connectivity index (χ0v) is 15.3. The van der Waals surface area contributed by atoms with Crippen molar-refractivity contribution < 1.29 is 9.53 Å². The summed E-state index contributed by atoms with van der Waals surface area (Å²) < 4.78 is 5.64. The SMILES string of the molecule is Cc1ccc(OCC(=O)N(C)CC2(c3c[nH]c4ccccc34)CC2)cc1. The molecule has 1 saturated carbocycles. The first-order chi connectivity index (χ1) is 12.6. The maximum Gasteiger partial charge on any atom is 0.260 e. The average molecular weight is 348 g/mol. The first kappa shape index (κ1) is 16.7. The second-order valence-corrected chi connectivity index (χ2v) is 7.38. The van der Waals surface area contributed by atoms with Crippen molar-refractivity contribution in [2.75, 3.05) is 20.2 Å². The quantitative estimate of drug-likeness (QED) is 0.730. The van der Waals surface area contributed by atoms with E-state index in [1.807, 2.05) is 49.2 Å². The van der Waals surface area contributed by atoms with Gasteiger partial charge in [0.2, 0.25) is 0 Å². The molecule has 4 rings (SSSR count). The highest BCUT2D eigenvalue weighted by atomic mass is 16.5. The molecule has 0 atom stereocenters. The Kier molecular flexibility index (Phi) is 4.19. The molecule has 4 heteroatoms. The van der Waals surface area contributed by atoms with Crippen LogP contribution in [0.2, 0.25) is 0 Å². The molecular formula is C22H24N2O2. The molecule has 0 unspecified atom stereocenters. The number of aromatic nitrogens is 1. The summed E-state index contributed by atoms with van der Waals surface area (Å²) in [5, 5.41) is 1.27. The van der Waals surface area contributed by atoms with E-state index in [1.165, 1.54) is 16.5 Å². The number of ether oxygens (including phenoxy) is 1. The Hall–Kier alpha value is -2.75. The maximum absolute atomic E-state index is 12.5. The van der Waals surface area contributed by atoms with Gasteiger partial charge in [-0.15, -0.1) is 0 Å². The first-order valence-corrected chi connectivity index (χ1v) is 9.07. The van der Waals surface area contributed by atoms with Crippen molar-refractivity contribution >= 4 is 16.8 Å². The largest absolute Gasteiger partial charge is 0.484 e. The van der Waals surface area contributed by atoms with Crippen LogP contribution in [-0.4, -0.2) is 36.0 Å². The third kappa shape index (κ3) is 3.19. The van der Waals surface area contributed by atoms with Gasteiger partial charge in [-0.25, -0.2) is 0 Å². The summed E-state index contributed by atoms with van der Waals surface area (Å²) in [7, 11) is 1.87. The van der Waals surface area contributed by atoms with Crippen LogP contribution in [0, 0.1) is 6.92 Å². The minimum absolute atomic E-state index is 0.0108. The Balaban J connectivity index is 1.41. The number of hydrogen-bond donors (Lipinski definition) is 1. The molecule has 1 amide bonds. The van der Waals surface area contributed by atoms with Crippen LogP contribution in [0.4, 0.5) is 0 Å². The molecule has 26 heavy (non-hydrogen) atoms. The molecule has 1 aliphatic rings. The molecule has 3 aromatic rings. The molecule has 1 aromatic heterocycles. The summed E-state index contributed by atoms with van der Waals surface area (Å²) in [6.07, 6.45) is 4.34. The third-order valence-corrected chi connectivity index (χ3v) is 5.36. The summed E-state index contributed by atoms with van der Waals surface area (Å²) in [5.74, 6) is 0.742. The van der Waals surface area contributed by atoms with Crippen LogP contribution in [0.5, 0.6) is 5.75 Å². The van der Waals surface area contributed by atoms with Crippen LogP contribution >= 0.6 is 0 Å². The standard InChI is InChI=1S/C22H24N2O2/c1-16-7-9-17(10-8-16)26-14-21(25)24(2)15-22(11-12-22)19-13-23-20-6-4-3-5-18(19)20/h3-10,13,23H,11-12,14-15H2,1-2H3. The lowest BCUT2D eigenvalue weighted by molar-refractivity contribution is -0.132. The van der Waals surface area contributed by atoms with Crippen LogP contribution in [0.3, 0.4) is 0 Å². The van der Waals surface area contributed by atoms with Crippen LogP contribution in [0.15, 0.2) is 54.7 Å². The molecule has 0 spiro atoms. The lowest BCUT2D eigenvalue weighted by atomic mass is 9.95. The number of H-pyrrole nitrogens is 1. The van der Waals surface area contributed by atoms with Crippen molar-refractivity contribution in [3.8, 4) is 5.75 Å². The number of carbonyl (C=O) groups excluding carboxylic acids is 1. The highest BCUT2D eigenvalue weighted by molar-refractivity contribution is 5.85. The zero-order chi connectivity index (χ0) is 18.1. The van der Waals surface area contributed by atoms with Crippen molar-refractivity contribution in [1.82, 2.24) is 9.88 Å². The Morgan fingerprint density at radius 1 is 1.15 bits per heavy atom. The summed E-state index contributed by atoms with van der Waals surface area (Å²) in [6.45, 7) is 2.83. The van der Waals surface area contributed by atoms with Crippen molar-refractivity contribution in [3.63, 3.8) is 0 Å². The van der Waals surface area contributed by atoms with E-state index in [1.54, 1.807) is 0 Å². The smallest absolute Gasteiger partial charge is 0.260 e. The van der Waals surface area contributed by atoms with Gasteiger partial charge in [0.15, 0.2) is 6.61 Å². The number of fused-ring (bicyclic) bond motifs is 1. The predicted molar refractivity (Wildman–Crippen MR) is 104 cm³/mol. The number of aromatic amines is 1. The molecule has 134 valence electrons. The fourth-order valence-electron chi connectivity index (χ4n) is 3.61. The molecule has 1 fully saturated rings. The van der Waals surface area contributed by atoms with E-state index < -0.39 is 0 Å². The normalized spacial score (nSPS) is 15.0. The molecule has 1 aliphatic carbocycles. The summed E-state index contributed by atoms with van der Waals surface area (Å²) in [6, 6.07) is 16.1. The highest BCUT2D eigenvalue weighted by Crippen LogP contribution is 2.50. The van der Waals surface area contributed by atoms with Gasteiger partial charge in [-0.1, -0.05) is 35.9 Å². The highest BCUT2D eigenvalue weighted by Gasteiger charge is 2.47. The van der Waals surface area contributed by atoms with Crippen LogP contribution in [0.1, 0.15) is 24.0 Å². The molecular weight excluding hydrogens is 324 g/mol. The van der Waals surface area contributed by atoms with E-state index in [2.05, 4.69) is 29.4 Å². The summed E-state index contributed by atoms with van der Waals surface area (Å²) in [5.41, 5.74) is 3.74. The van der Waals surface area contributed by atoms with Gasteiger partial charge in [0.25, 0.3) is 5.91 Å². The number of nitrogens with zero attached hydrogens (tertiary/aromatic N) is 1. The Morgan fingerprint density at radius 3 is 2.62 bits per heavy atom. The monoisotopic (exact) mass is 348 g/mol. The second-order valence-electron chi connectivity index (χ2n) is 7.38. The molecule has 1 heterocycles. The van der Waals surface area contributed by atoms with Crippen LogP contribution < -0.4 is 4.74 Å². The van der Waals surface area contributed by atoms with Crippen LogP contribution in [0.25, 0.3) is 10.9 Å². The number of nitrogens with one attached hydrogen (secondary N) is 1. The van der Waals surface area contributed by atoms with Crippen molar-refractivity contribution in [3.05, 3.63) is 65.9 Å². The minimum atomic E-state index is 0.0108. The lowest BCUT2D eigenvalue weighted by Gasteiger charge is -2.24. The van der Waals surface area contributed by atoms with Crippen molar-refractivity contribution in [1.29, 1.82) is 0 Å². The zero-order valence-electron chi connectivity index (χ0n) is 15.3. The number of likely N-dealkylation sites (N-methyl/N-ethyl adjacent to an activating group) is 1. The van der Waals surface area contributed by atoms with E-state index in [0.717, 1.165) is 30.7 Å². The summed E-state index contributed by atoms with van der Waals surface area (Å²) in [4.78, 5) is 17.7. The maximum atomic E-state index is 12.5. The van der Waals surface area contributed by atoms with Gasteiger partial charge in [-0.2, -0.15) is 0 Å². The van der Waals surface area contributed by atoms with Gasteiger partial charge in [-0.05, 0) is 43.5 Å². The van der Waals surface area contributed by atoms with E-state index in [4.69, 9.17) is 4.74 Å². The van der Waals surface area contributed by atoms with Gasteiger partial charge in [0.05, 0.1) is 0 Å². The van der Waals surface area contributed by atoms with Gasteiger partial charge in [-0.3, -0.25) is 4.79 Å². The van der Waals surface area contributed by atoms with Crippen molar-refractivity contribution in [2.45, 2.75) is 25.2 Å². The van der Waals surface area contributed by atoms with E-state index in [9.17, 15) is 4.79 Å². The Bertz CT molecular complexity index is 923. The molecule has 0 bridgehead atoms. The number of carbonyl (C=O) groups is 1. The Morgan fingerprint density at radius 2 is 1.88 bits per heavy atom. The number of hydrogen-bond acceptors (Lipinski definition) is 2. The first-order valence-electron chi connectivity index (χ1n) is 9.07.